The molecule has 0 aliphatic carbocycles. The maximum absolute atomic E-state index is 15.0. The van der Waals surface area contributed by atoms with Crippen LogP contribution in [0.3, 0.4) is 0 Å². The number of hydrogen-bond donors (Lipinski definition) is 0. The van der Waals surface area contributed by atoms with Crippen molar-refractivity contribution in [1.29, 1.82) is 0 Å². The highest BCUT2D eigenvalue weighted by atomic mass is 31.2. The zero-order chi connectivity index (χ0) is 35.4. The van der Waals surface area contributed by atoms with Gasteiger partial charge in [0.25, 0.3) is 0 Å². The molecule has 8 aromatic carbocycles. The van der Waals surface area contributed by atoms with Crippen molar-refractivity contribution in [2.45, 2.75) is 0 Å². The number of aromatic nitrogens is 2. The molecule has 0 saturated heterocycles. The van der Waals surface area contributed by atoms with Crippen LogP contribution in [0.25, 0.3) is 71.6 Å². The Balaban J connectivity index is 1.19. The third-order valence-electron chi connectivity index (χ3n) is 10.5. The fourth-order valence-electron chi connectivity index (χ4n) is 7.90. The summed E-state index contributed by atoms with van der Waals surface area (Å²) in [5, 5.41) is 8.26. The first kappa shape index (κ1) is 31.2. The van der Waals surface area contributed by atoms with E-state index in [-0.39, 0.29) is 0 Å². The number of pyridine rings is 1. The fourth-order valence-corrected chi connectivity index (χ4v) is 10.5. The summed E-state index contributed by atoms with van der Waals surface area (Å²) in [5.74, 6) is 0. The molecule has 0 amide bonds. The maximum Gasteiger partial charge on any atom is 0.171 e. The van der Waals surface area contributed by atoms with E-state index in [1.54, 1.807) is 0 Å². The first-order valence-electron chi connectivity index (χ1n) is 17.9. The van der Waals surface area contributed by atoms with Crippen molar-refractivity contribution in [3.05, 3.63) is 200 Å². The van der Waals surface area contributed by atoms with Crippen LogP contribution in [-0.2, 0) is 4.57 Å². The lowest BCUT2D eigenvalue weighted by molar-refractivity contribution is 0.592. The Labute approximate surface area is 307 Å². The van der Waals surface area contributed by atoms with Crippen molar-refractivity contribution in [3.8, 4) is 28.1 Å². The first-order valence-corrected chi connectivity index (χ1v) is 19.6. The topological polar surface area (TPSA) is 34.9 Å². The maximum atomic E-state index is 15.0. The third-order valence-corrected chi connectivity index (χ3v) is 13.5. The molecule has 10 rings (SSSR count). The van der Waals surface area contributed by atoms with Gasteiger partial charge in [0, 0.05) is 48.7 Å². The molecule has 0 spiro atoms. The second-order valence-corrected chi connectivity index (χ2v) is 16.3. The van der Waals surface area contributed by atoms with Crippen molar-refractivity contribution in [2.24, 2.45) is 0 Å². The zero-order valence-corrected chi connectivity index (χ0v) is 29.7. The van der Waals surface area contributed by atoms with Gasteiger partial charge in [-0.2, -0.15) is 0 Å². The van der Waals surface area contributed by atoms with E-state index in [9.17, 15) is 0 Å². The second-order valence-electron chi connectivity index (χ2n) is 13.5. The summed E-state index contributed by atoms with van der Waals surface area (Å²) in [6.07, 6.45) is 0. The minimum Gasteiger partial charge on any atom is -0.309 e. The summed E-state index contributed by atoms with van der Waals surface area (Å²) in [6, 6.07) is 69.0. The highest BCUT2D eigenvalue weighted by Gasteiger charge is 2.29. The van der Waals surface area contributed by atoms with Crippen molar-refractivity contribution in [2.75, 3.05) is 0 Å². The summed E-state index contributed by atoms with van der Waals surface area (Å²) in [4.78, 5) is 5.23. The second kappa shape index (κ2) is 12.6. The molecule has 0 unspecified atom stereocenters. The number of rotatable bonds is 6. The summed E-state index contributed by atoms with van der Waals surface area (Å²) < 4.78 is 17.4. The molecular weight excluding hydrogens is 664 g/mol. The molecule has 0 fully saturated rings. The van der Waals surface area contributed by atoms with Crippen molar-refractivity contribution >= 4 is 66.5 Å². The van der Waals surface area contributed by atoms with E-state index in [0.29, 0.717) is 0 Å². The smallest absolute Gasteiger partial charge is 0.171 e. The highest BCUT2D eigenvalue weighted by Crippen LogP contribution is 2.44. The van der Waals surface area contributed by atoms with Gasteiger partial charge in [-0.25, -0.2) is 4.98 Å². The Morgan fingerprint density at radius 3 is 1.60 bits per heavy atom. The van der Waals surface area contributed by atoms with Crippen LogP contribution >= 0.6 is 7.14 Å². The molecule has 0 saturated carbocycles. The first-order chi connectivity index (χ1) is 26.2. The molecule has 53 heavy (non-hydrogen) atoms. The van der Waals surface area contributed by atoms with Crippen molar-refractivity contribution in [1.82, 2.24) is 9.55 Å². The summed E-state index contributed by atoms with van der Waals surface area (Å²) in [7, 11) is -3.07. The summed E-state index contributed by atoms with van der Waals surface area (Å²) >= 11 is 0. The molecule has 10 aromatic rings. The van der Waals surface area contributed by atoms with E-state index in [0.717, 1.165) is 71.3 Å². The Hall–Kier alpha value is -6.54. The largest absolute Gasteiger partial charge is 0.309 e. The van der Waals surface area contributed by atoms with Gasteiger partial charge in [-0.15, -0.1) is 0 Å². The average molecular weight is 697 g/mol. The molecule has 250 valence electrons. The van der Waals surface area contributed by atoms with Gasteiger partial charge in [0.2, 0.25) is 0 Å². The molecule has 0 radical (unpaired) electrons. The van der Waals surface area contributed by atoms with Crippen LogP contribution in [0, 0.1) is 0 Å². The lowest BCUT2D eigenvalue weighted by Gasteiger charge is -2.20. The fraction of sp³-hybridized carbons (Fsp3) is 0. The minimum atomic E-state index is -3.07. The number of fused-ring (bicyclic) bond motifs is 6. The third kappa shape index (κ3) is 5.12. The molecular formula is C49H33N2OP. The molecule has 2 heterocycles. The quantitative estimate of drug-likeness (QED) is 0.128. The van der Waals surface area contributed by atoms with Crippen LogP contribution in [0.1, 0.15) is 0 Å². The molecule has 4 heteroatoms. The van der Waals surface area contributed by atoms with Gasteiger partial charge < -0.3 is 9.13 Å². The SMILES string of the molecule is O=P(c1ccccc1)(c1ccccc1)c1ccc(-c2ccc3c(c2)c2cc4c(-c5ccccc5)nc5ccccc5c4cc2n3-c2ccccc2)cc1. The minimum absolute atomic E-state index is 0.819. The van der Waals surface area contributed by atoms with Gasteiger partial charge in [-0.3, -0.25) is 0 Å². The van der Waals surface area contributed by atoms with Crippen LogP contribution in [0.2, 0.25) is 0 Å². The van der Waals surface area contributed by atoms with Crippen molar-refractivity contribution in [3.63, 3.8) is 0 Å². The molecule has 0 aliphatic heterocycles. The molecule has 0 bridgehead atoms. The average Bonchev–Trinajstić information content (AvgIpc) is 3.56. The summed E-state index contributed by atoms with van der Waals surface area (Å²) in [6.45, 7) is 0. The number of nitrogens with zero attached hydrogens (tertiary/aromatic N) is 2. The van der Waals surface area contributed by atoms with Crippen LogP contribution in [0.4, 0.5) is 0 Å². The van der Waals surface area contributed by atoms with Crippen LogP contribution in [-0.4, -0.2) is 9.55 Å². The predicted molar refractivity (Wildman–Crippen MR) is 224 cm³/mol. The zero-order valence-electron chi connectivity index (χ0n) is 28.8. The highest BCUT2D eigenvalue weighted by molar-refractivity contribution is 7.85. The molecule has 0 atom stereocenters. The van der Waals surface area contributed by atoms with Crippen LogP contribution in [0.5, 0.6) is 0 Å². The van der Waals surface area contributed by atoms with Crippen molar-refractivity contribution < 1.29 is 4.57 Å². The summed E-state index contributed by atoms with van der Waals surface area (Å²) in [5.41, 5.74) is 8.63. The number of benzene rings is 8. The van der Waals surface area contributed by atoms with E-state index in [1.807, 2.05) is 72.8 Å². The molecule has 0 N–H and O–H groups in total. The van der Waals surface area contributed by atoms with Gasteiger partial charge in [0.1, 0.15) is 0 Å². The van der Waals surface area contributed by atoms with Gasteiger partial charge in [0.15, 0.2) is 7.14 Å². The van der Waals surface area contributed by atoms with Gasteiger partial charge >= 0.3 is 0 Å². The van der Waals surface area contributed by atoms with Gasteiger partial charge in [0.05, 0.1) is 22.2 Å². The van der Waals surface area contributed by atoms with Gasteiger partial charge in [-0.05, 0) is 59.0 Å². The number of hydrogen-bond acceptors (Lipinski definition) is 2. The van der Waals surface area contributed by atoms with E-state index in [1.165, 1.54) is 16.2 Å². The molecule has 2 aromatic heterocycles. The van der Waals surface area contributed by atoms with E-state index in [2.05, 4.69) is 132 Å². The lowest BCUT2D eigenvalue weighted by Crippen LogP contribution is -2.24. The standard InChI is InChI=1S/C49H33N2OP/c52-53(38-19-9-3-10-20-38,39-21-11-4-12-22-39)40-28-25-34(26-29-40)36-27-30-47-43(31-36)44-32-45-42(33-48(44)51(47)37-17-7-2-8-18-37)41-23-13-14-24-46(41)50-49(45)35-15-5-1-6-16-35/h1-33H. The van der Waals surface area contributed by atoms with Crippen LogP contribution < -0.4 is 15.9 Å². The monoisotopic (exact) mass is 696 g/mol. The molecule has 0 aliphatic rings. The predicted octanol–water partition coefficient (Wildman–Crippen LogP) is 11.5. The van der Waals surface area contributed by atoms with E-state index >= 15 is 4.57 Å². The Morgan fingerprint density at radius 1 is 0.377 bits per heavy atom. The lowest BCUT2D eigenvalue weighted by atomic mass is 9.97. The molecule has 3 nitrogen and oxygen atoms in total. The van der Waals surface area contributed by atoms with E-state index < -0.39 is 7.14 Å². The Morgan fingerprint density at radius 2 is 0.925 bits per heavy atom. The van der Waals surface area contributed by atoms with Crippen LogP contribution in [0.15, 0.2) is 200 Å². The van der Waals surface area contributed by atoms with Gasteiger partial charge in [-0.1, -0.05) is 158 Å². The Kier molecular flexibility index (Phi) is 7.42. The number of para-hydroxylation sites is 2. The van der Waals surface area contributed by atoms with E-state index in [4.69, 9.17) is 4.98 Å². The normalized spacial score (nSPS) is 11.8. The Bertz CT molecular complexity index is 2950.